The van der Waals surface area contributed by atoms with Crippen LogP contribution in [0.25, 0.3) is 0 Å². The van der Waals surface area contributed by atoms with Crippen LogP contribution in [0.3, 0.4) is 0 Å². The van der Waals surface area contributed by atoms with Crippen molar-refractivity contribution in [1.82, 2.24) is 9.88 Å². The fourth-order valence-corrected chi connectivity index (χ4v) is 2.10. The maximum Gasteiger partial charge on any atom is 0.406 e. The van der Waals surface area contributed by atoms with Gasteiger partial charge < -0.3 is 4.90 Å². The molecule has 1 aromatic rings. The first-order valence-electron chi connectivity index (χ1n) is 5.87. The maximum absolute atomic E-state index is 12.5. The minimum atomic E-state index is -4.58. The molecule has 0 spiro atoms. The van der Waals surface area contributed by atoms with Gasteiger partial charge in [-0.05, 0) is 18.9 Å². The van der Waals surface area contributed by atoms with Crippen LogP contribution in [0.2, 0.25) is 5.15 Å². The van der Waals surface area contributed by atoms with Crippen LogP contribution in [0.1, 0.15) is 23.2 Å². The molecule has 1 aliphatic rings. The van der Waals surface area contributed by atoms with E-state index in [1.165, 1.54) is 0 Å². The van der Waals surface area contributed by atoms with E-state index < -0.39 is 46.0 Å². The average Bonchev–Trinajstić information content (AvgIpc) is 3.17. The molecule has 0 atom stereocenters. The molecule has 1 aromatic heterocycles. The number of aromatic nitrogens is 1. The van der Waals surface area contributed by atoms with Gasteiger partial charge in [0.2, 0.25) is 5.15 Å². The van der Waals surface area contributed by atoms with Gasteiger partial charge >= 0.3 is 11.9 Å². The van der Waals surface area contributed by atoms with E-state index in [-0.39, 0.29) is 0 Å². The van der Waals surface area contributed by atoms with Crippen LogP contribution in [0.4, 0.5) is 18.9 Å². The highest BCUT2D eigenvalue weighted by Gasteiger charge is 2.42. The molecule has 1 amide bonds. The van der Waals surface area contributed by atoms with E-state index in [0.717, 1.165) is 12.3 Å². The molecule has 0 bridgehead atoms. The Balaban J connectivity index is 2.38. The molecule has 0 unspecified atom stereocenters. The molecule has 0 N–H and O–H groups in total. The molecule has 0 aliphatic heterocycles. The monoisotopic (exact) mass is 323 g/mol. The van der Waals surface area contributed by atoms with Crippen LogP contribution < -0.4 is 0 Å². The van der Waals surface area contributed by atoms with Crippen molar-refractivity contribution in [2.45, 2.75) is 25.1 Å². The fraction of sp³-hybridized carbons (Fsp3) is 0.455. The Morgan fingerprint density at radius 1 is 1.52 bits per heavy atom. The van der Waals surface area contributed by atoms with Gasteiger partial charge in [-0.1, -0.05) is 11.6 Å². The first-order chi connectivity index (χ1) is 9.70. The van der Waals surface area contributed by atoms with Crippen molar-refractivity contribution in [1.29, 1.82) is 0 Å². The zero-order chi connectivity index (χ0) is 15.8. The lowest BCUT2D eigenvalue weighted by molar-refractivity contribution is -0.385. The third-order valence-corrected chi connectivity index (χ3v) is 3.17. The molecule has 1 aliphatic carbocycles. The van der Waals surface area contributed by atoms with Gasteiger partial charge in [0.15, 0.2) is 0 Å². The van der Waals surface area contributed by atoms with Gasteiger partial charge in [-0.15, -0.1) is 0 Å². The van der Waals surface area contributed by atoms with Crippen molar-refractivity contribution in [2.24, 2.45) is 0 Å². The van der Waals surface area contributed by atoms with Crippen molar-refractivity contribution in [3.63, 3.8) is 0 Å². The predicted molar refractivity (Wildman–Crippen MR) is 66.0 cm³/mol. The summed E-state index contributed by atoms with van der Waals surface area (Å²) in [6, 6.07) is 0.448. The highest BCUT2D eigenvalue weighted by Crippen LogP contribution is 2.34. The zero-order valence-corrected chi connectivity index (χ0v) is 11.2. The van der Waals surface area contributed by atoms with E-state index in [1.54, 1.807) is 0 Å². The maximum atomic E-state index is 12.5. The van der Waals surface area contributed by atoms with Gasteiger partial charge in [0.25, 0.3) is 5.91 Å². The zero-order valence-electron chi connectivity index (χ0n) is 10.4. The Labute approximate surface area is 121 Å². The fourth-order valence-electron chi connectivity index (χ4n) is 1.88. The van der Waals surface area contributed by atoms with E-state index >= 15 is 0 Å². The van der Waals surface area contributed by atoms with Gasteiger partial charge in [0.1, 0.15) is 12.1 Å². The van der Waals surface area contributed by atoms with Gasteiger partial charge in [-0.2, -0.15) is 13.2 Å². The largest absolute Gasteiger partial charge is 0.406 e. The number of carbonyl (C=O) groups is 1. The first-order valence-corrected chi connectivity index (χ1v) is 6.25. The minimum Gasteiger partial charge on any atom is -0.326 e. The van der Waals surface area contributed by atoms with E-state index in [2.05, 4.69) is 4.98 Å². The number of hydrogen-bond acceptors (Lipinski definition) is 4. The molecule has 2 rings (SSSR count). The number of pyridine rings is 1. The smallest absolute Gasteiger partial charge is 0.326 e. The quantitative estimate of drug-likeness (QED) is 0.485. The second kappa shape index (κ2) is 5.47. The third kappa shape index (κ3) is 3.60. The van der Waals surface area contributed by atoms with E-state index in [4.69, 9.17) is 11.6 Å². The summed E-state index contributed by atoms with van der Waals surface area (Å²) >= 11 is 5.56. The SMILES string of the molecule is O=C(c1ccnc(Cl)c1[N+](=O)[O-])N(CC(F)(F)F)C1CC1. The van der Waals surface area contributed by atoms with Crippen LogP contribution in [-0.2, 0) is 0 Å². The van der Waals surface area contributed by atoms with Crippen LogP contribution in [-0.4, -0.2) is 39.5 Å². The molecule has 0 radical (unpaired) electrons. The van der Waals surface area contributed by atoms with Crippen molar-refractivity contribution >= 4 is 23.2 Å². The molecule has 6 nitrogen and oxygen atoms in total. The molecule has 0 saturated heterocycles. The average molecular weight is 324 g/mol. The molecule has 1 heterocycles. The lowest BCUT2D eigenvalue weighted by Crippen LogP contribution is -2.40. The summed E-state index contributed by atoms with van der Waals surface area (Å²) in [7, 11) is 0. The summed E-state index contributed by atoms with van der Waals surface area (Å²) in [5.41, 5.74) is -1.27. The second-order valence-electron chi connectivity index (χ2n) is 4.53. The van der Waals surface area contributed by atoms with E-state index in [9.17, 15) is 28.1 Å². The molecular formula is C11H9ClF3N3O3. The highest BCUT2D eigenvalue weighted by molar-refractivity contribution is 6.32. The summed E-state index contributed by atoms with van der Waals surface area (Å²) in [5, 5.41) is 10.4. The van der Waals surface area contributed by atoms with Crippen molar-refractivity contribution < 1.29 is 22.9 Å². The van der Waals surface area contributed by atoms with E-state index in [0.29, 0.717) is 17.7 Å². The lowest BCUT2D eigenvalue weighted by atomic mass is 10.2. The van der Waals surface area contributed by atoms with Gasteiger partial charge in [0.05, 0.1) is 4.92 Å². The van der Waals surface area contributed by atoms with Crippen molar-refractivity contribution in [2.75, 3.05) is 6.54 Å². The summed E-state index contributed by atoms with van der Waals surface area (Å²) in [4.78, 5) is 26.3. The van der Waals surface area contributed by atoms with E-state index in [1.807, 2.05) is 0 Å². The first kappa shape index (κ1) is 15.5. The molecule has 114 valence electrons. The van der Waals surface area contributed by atoms with Gasteiger partial charge in [-0.25, -0.2) is 4.98 Å². The number of alkyl halides is 3. The van der Waals surface area contributed by atoms with Crippen molar-refractivity contribution in [3.05, 3.63) is 33.1 Å². The van der Waals surface area contributed by atoms with Gasteiger partial charge in [-0.3, -0.25) is 14.9 Å². The molecular weight excluding hydrogens is 315 g/mol. The number of hydrogen-bond donors (Lipinski definition) is 0. The summed E-state index contributed by atoms with van der Waals surface area (Å²) in [6.45, 7) is -1.45. The molecule has 1 saturated carbocycles. The Morgan fingerprint density at radius 2 is 2.14 bits per heavy atom. The third-order valence-electron chi connectivity index (χ3n) is 2.89. The van der Waals surface area contributed by atoms with Crippen LogP contribution in [0.15, 0.2) is 12.3 Å². The molecule has 1 fully saturated rings. The lowest BCUT2D eigenvalue weighted by Gasteiger charge is -2.23. The number of rotatable bonds is 4. The predicted octanol–water partition coefficient (Wildman–Crippen LogP) is 2.81. The number of nitrogens with zero attached hydrogens (tertiary/aromatic N) is 3. The topological polar surface area (TPSA) is 76.3 Å². The standard InChI is InChI=1S/C11H9ClF3N3O3/c12-9-8(18(20)21)7(3-4-16-9)10(19)17(6-1-2-6)5-11(13,14)15/h3-4,6H,1-2,5H2. The number of amides is 1. The Morgan fingerprint density at radius 3 is 2.62 bits per heavy atom. The Kier molecular flexibility index (Phi) is 4.04. The normalized spacial score (nSPS) is 14.9. The summed E-state index contributed by atoms with van der Waals surface area (Å²) < 4.78 is 37.6. The highest BCUT2D eigenvalue weighted by atomic mass is 35.5. The summed E-state index contributed by atoms with van der Waals surface area (Å²) in [5.74, 6) is -1.06. The Bertz CT molecular complexity index is 590. The summed E-state index contributed by atoms with van der Waals surface area (Å²) in [6.07, 6.45) is -2.66. The van der Waals surface area contributed by atoms with Crippen LogP contribution in [0, 0.1) is 10.1 Å². The number of carbonyl (C=O) groups excluding carboxylic acids is 1. The van der Waals surface area contributed by atoms with Crippen LogP contribution >= 0.6 is 11.6 Å². The van der Waals surface area contributed by atoms with Crippen molar-refractivity contribution in [3.8, 4) is 0 Å². The Hall–Kier alpha value is -1.90. The molecule has 0 aromatic carbocycles. The second-order valence-corrected chi connectivity index (χ2v) is 4.89. The number of halogens is 4. The number of nitro groups is 1. The van der Waals surface area contributed by atoms with Crippen LogP contribution in [0.5, 0.6) is 0 Å². The van der Waals surface area contributed by atoms with Gasteiger partial charge in [0, 0.05) is 12.2 Å². The minimum absolute atomic E-state index is 0.439. The molecule has 10 heteroatoms. The molecule has 21 heavy (non-hydrogen) atoms.